The second-order valence-electron chi connectivity index (χ2n) is 9.48. The molecule has 32 heavy (non-hydrogen) atoms. The molecule has 6 nitrogen and oxygen atoms in total. The van der Waals surface area contributed by atoms with E-state index in [1.807, 2.05) is 58.0 Å². The first-order valence-corrected chi connectivity index (χ1v) is 11.2. The molecule has 0 bridgehead atoms. The molecular weight excluding hydrogens is 424 g/mol. The van der Waals surface area contributed by atoms with Gasteiger partial charge >= 0.3 is 6.03 Å². The summed E-state index contributed by atoms with van der Waals surface area (Å²) in [5.41, 5.74) is 0.514. The quantitative estimate of drug-likeness (QED) is 0.548. The molecule has 3 aromatic rings. The Morgan fingerprint density at radius 1 is 1.09 bits per heavy atom. The molecule has 2 aromatic carbocycles. The van der Waals surface area contributed by atoms with E-state index in [4.69, 9.17) is 16.6 Å². The first-order valence-electron chi connectivity index (χ1n) is 10.8. The molecule has 7 heteroatoms. The van der Waals surface area contributed by atoms with Crippen LogP contribution in [0.1, 0.15) is 53.4 Å². The number of urea groups is 1. The van der Waals surface area contributed by atoms with E-state index in [1.165, 1.54) is 4.57 Å². The standard InChI is InChI=1S/C25H31ClN4O2/c1-16(2)15-29(24(32)28-25(4,5)6)17(3)22-27-20-13-9-7-11-18(20)23(31)30(22)21-14-10-8-12-19(21)26/h7-14,16-17H,15H2,1-6H3,(H,28,32). The van der Waals surface area contributed by atoms with Crippen LogP contribution in [0.5, 0.6) is 0 Å². The molecule has 2 amide bonds. The second-order valence-corrected chi connectivity index (χ2v) is 9.89. The fourth-order valence-corrected chi connectivity index (χ4v) is 3.86. The zero-order valence-electron chi connectivity index (χ0n) is 19.5. The summed E-state index contributed by atoms with van der Waals surface area (Å²) >= 11 is 6.49. The number of hydrogen-bond acceptors (Lipinski definition) is 3. The molecule has 170 valence electrons. The van der Waals surface area contributed by atoms with Crippen molar-refractivity contribution >= 4 is 28.5 Å². The average Bonchev–Trinajstić information content (AvgIpc) is 2.71. The molecule has 0 fully saturated rings. The van der Waals surface area contributed by atoms with Crippen LogP contribution in [-0.2, 0) is 0 Å². The number of fused-ring (bicyclic) bond motifs is 1. The van der Waals surface area contributed by atoms with E-state index in [0.29, 0.717) is 34.0 Å². The molecule has 1 aromatic heterocycles. The van der Waals surface area contributed by atoms with E-state index in [1.54, 1.807) is 23.1 Å². The first kappa shape index (κ1) is 23.8. The molecule has 0 saturated carbocycles. The van der Waals surface area contributed by atoms with Crippen LogP contribution >= 0.6 is 11.6 Å². The number of aromatic nitrogens is 2. The van der Waals surface area contributed by atoms with Crippen LogP contribution in [0, 0.1) is 5.92 Å². The third-order valence-electron chi connectivity index (χ3n) is 5.04. The molecule has 1 heterocycles. The van der Waals surface area contributed by atoms with Gasteiger partial charge in [0.1, 0.15) is 5.82 Å². The number of nitrogens with zero attached hydrogens (tertiary/aromatic N) is 3. The van der Waals surface area contributed by atoms with Crippen molar-refractivity contribution in [1.29, 1.82) is 0 Å². The van der Waals surface area contributed by atoms with Crippen molar-refractivity contribution in [1.82, 2.24) is 19.8 Å². The van der Waals surface area contributed by atoms with Gasteiger partial charge in [0, 0.05) is 12.1 Å². The lowest BCUT2D eigenvalue weighted by molar-refractivity contribution is 0.158. The number of halogens is 1. The predicted molar refractivity (Wildman–Crippen MR) is 131 cm³/mol. The number of carbonyl (C=O) groups excluding carboxylic acids is 1. The Labute approximate surface area is 194 Å². The Hall–Kier alpha value is -2.86. The van der Waals surface area contributed by atoms with E-state index >= 15 is 0 Å². The van der Waals surface area contributed by atoms with Gasteiger partial charge in [-0.25, -0.2) is 9.78 Å². The predicted octanol–water partition coefficient (Wildman–Crippen LogP) is 5.57. The molecule has 1 N–H and O–H groups in total. The topological polar surface area (TPSA) is 67.2 Å². The lowest BCUT2D eigenvalue weighted by Crippen LogP contribution is -2.50. The average molecular weight is 455 g/mol. The molecule has 3 rings (SSSR count). The SMILES string of the molecule is CC(C)CN(C(=O)NC(C)(C)C)C(C)c1nc2ccccc2c(=O)n1-c1ccccc1Cl. The molecular formula is C25H31ClN4O2. The Morgan fingerprint density at radius 2 is 1.72 bits per heavy atom. The van der Waals surface area contributed by atoms with Gasteiger partial charge in [-0.2, -0.15) is 0 Å². The smallest absolute Gasteiger partial charge is 0.318 e. The van der Waals surface area contributed by atoms with Crippen LogP contribution in [0.15, 0.2) is 53.3 Å². The number of nitrogens with one attached hydrogen (secondary N) is 1. The minimum absolute atomic E-state index is 0.202. The van der Waals surface area contributed by atoms with E-state index < -0.39 is 11.6 Å². The van der Waals surface area contributed by atoms with Gasteiger partial charge in [0.15, 0.2) is 0 Å². The van der Waals surface area contributed by atoms with Crippen molar-refractivity contribution in [2.45, 2.75) is 53.1 Å². The zero-order chi connectivity index (χ0) is 23.6. The third-order valence-corrected chi connectivity index (χ3v) is 5.36. The van der Waals surface area contributed by atoms with Gasteiger partial charge < -0.3 is 10.2 Å². The summed E-state index contributed by atoms with van der Waals surface area (Å²) < 4.78 is 1.53. The molecule has 1 atom stereocenters. The van der Waals surface area contributed by atoms with E-state index in [0.717, 1.165) is 0 Å². The minimum atomic E-state index is -0.478. The van der Waals surface area contributed by atoms with Crippen LogP contribution < -0.4 is 10.9 Å². The van der Waals surface area contributed by atoms with Crippen molar-refractivity contribution < 1.29 is 4.79 Å². The molecule has 0 aliphatic rings. The number of para-hydroxylation sites is 2. The lowest BCUT2D eigenvalue weighted by Gasteiger charge is -2.34. The van der Waals surface area contributed by atoms with Gasteiger partial charge in [-0.05, 0) is 57.9 Å². The van der Waals surface area contributed by atoms with E-state index in [2.05, 4.69) is 19.2 Å². The number of carbonyl (C=O) groups is 1. The maximum Gasteiger partial charge on any atom is 0.318 e. The maximum absolute atomic E-state index is 13.6. The van der Waals surface area contributed by atoms with Crippen molar-refractivity contribution in [3.8, 4) is 5.69 Å². The number of rotatable bonds is 5. The zero-order valence-corrected chi connectivity index (χ0v) is 20.3. The summed E-state index contributed by atoms with van der Waals surface area (Å²) in [6.07, 6.45) is 0. The summed E-state index contributed by atoms with van der Waals surface area (Å²) in [7, 11) is 0. The van der Waals surface area contributed by atoms with Gasteiger partial charge in [0.25, 0.3) is 5.56 Å². The summed E-state index contributed by atoms with van der Waals surface area (Å²) in [6, 6.07) is 13.7. The van der Waals surface area contributed by atoms with Crippen LogP contribution in [0.25, 0.3) is 16.6 Å². The fraction of sp³-hybridized carbons (Fsp3) is 0.400. The molecule has 0 radical (unpaired) electrons. The molecule has 0 aliphatic heterocycles. The van der Waals surface area contributed by atoms with Crippen LogP contribution in [0.2, 0.25) is 5.02 Å². The Kier molecular flexibility index (Phi) is 6.94. The highest BCUT2D eigenvalue weighted by molar-refractivity contribution is 6.32. The third kappa shape index (κ3) is 5.13. The van der Waals surface area contributed by atoms with Crippen LogP contribution in [-0.4, -0.2) is 32.6 Å². The first-order chi connectivity index (χ1) is 15.0. The van der Waals surface area contributed by atoms with Crippen molar-refractivity contribution in [3.05, 3.63) is 69.7 Å². The van der Waals surface area contributed by atoms with Crippen LogP contribution in [0.4, 0.5) is 4.79 Å². The highest BCUT2D eigenvalue weighted by atomic mass is 35.5. The summed E-state index contributed by atoms with van der Waals surface area (Å²) in [4.78, 5) is 33.4. The Balaban J connectivity index is 2.25. The van der Waals surface area contributed by atoms with E-state index in [-0.39, 0.29) is 17.5 Å². The normalized spacial score (nSPS) is 12.8. The molecule has 0 aliphatic carbocycles. The minimum Gasteiger partial charge on any atom is -0.333 e. The van der Waals surface area contributed by atoms with Crippen molar-refractivity contribution in [2.75, 3.05) is 6.54 Å². The monoisotopic (exact) mass is 454 g/mol. The fourth-order valence-electron chi connectivity index (χ4n) is 3.64. The van der Waals surface area contributed by atoms with Gasteiger partial charge in [-0.3, -0.25) is 9.36 Å². The summed E-state index contributed by atoms with van der Waals surface area (Å²) in [5.74, 6) is 0.690. The Morgan fingerprint density at radius 3 is 2.34 bits per heavy atom. The number of benzene rings is 2. The van der Waals surface area contributed by atoms with Gasteiger partial charge in [-0.15, -0.1) is 0 Å². The summed E-state index contributed by atoms with van der Waals surface area (Å²) in [5, 5.41) is 3.98. The van der Waals surface area contributed by atoms with Crippen molar-refractivity contribution in [2.24, 2.45) is 5.92 Å². The molecule has 0 saturated heterocycles. The highest BCUT2D eigenvalue weighted by Crippen LogP contribution is 2.27. The summed E-state index contributed by atoms with van der Waals surface area (Å²) in [6.45, 7) is 12.3. The van der Waals surface area contributed by atoms with Gasteiger partial charge in [0.2, 0.25) is 0 Å². The number of hydrogen-bond donors (Lipinski definition) is 1. The van der Waals surface area contributed by atoms with Crippen LogP contribution in [0.3, 0.4) is 0 Å². The van der Waals surface area contributed by atoms with Gasteiger partial charge in [0.05, 0.1) is 27.7 Å². The molecule has 1 unspecified atom stereocenters. The lowest BCUT2D eigenvalue weighted by atomic mass is 10.1. The number of amides is 2. The highest BCUT2D eigenvalue weighted by Gasteiger charge is 2.29. The largest absolute Gasteiger partial charge is 0.333 e. The van der Waals surface area contributed by atoms with Gasteiger partial charge in [-0.1, -0.05) is 49.7 Å². The molecule has 0 spiro atoms. The van der Waals surface area contributed by atoms with Crippen molar-refractivity contribution in [3.63, 3.8) is 0 Å². The second kappa shape index (κ2) is 9.33. The Bertz CT molecular complexity index is 1180. The van der Waals surface area contributed by atoms with E-state index in [9.17, 15) is 9.59 Å². The maximum atomic E-state index is 13.6.